The fourth-order valence-corrected chi connectivity index (χ4v) is 4.67. The predicted octanol–water partition coefficient (Wildman–Crippen LogP) is 9.06. The van der Waals surface area contributed by atoms with E-state index in [9.17, 15) is 0 Å². The number of benzene rings is 3. The van der Waals surface area contributed by atoms with Crippen LogP contribution in [0.25, 0.3) is 11.1 Å². The smallest absolute Gasteiger partial charge is 0.0648 e. The maximum Gasteiger partial charge on any atom is 0.0648 e. The Morgan fingerprint density at radius 2 is 1.58 bits per heavy atom. The van der Waals surface area contributed by atoms with Crippen molar-refractivity contribution in [2.24, 2.45) is 4.99 Å². The molecule has 0 saturated heterocycles. The molecule has 1 atom stereocenters. The van der Waals surface area contributed by atoms with Gasteiger partial charge in [-0.25, -0.2) is 0 Å². The van der Waals surface area contributed by atoms with Crippen LogP contribution in [0.5, 0.6) is 0 Å². The summed E-state index contributed by atoms with van der Waals surface area (Å²) in [6.45, 7) is 10.4. The van der Waals surface area contributed by atoms with E-state index in [1.54, 1.807) is 18.5 Å². The van der Waals surface area contributed by atoms with Gasteiger partial charge in [-0.1, -0.05) is 98.2 Å². The Morgan fingerprint density at radius 3 is 2.26 bits per heavy atom. The van der Waals surface area contributed by atoms with Crippen LogP contribution in [-0.4, -0.2) is 18.3 Å². The number of nitrogens with one attached hydrogen (secondary N) is 1. The van der Waals surface area contributed by atoms with E-state index in [1.165, 1.54) is 22.4 Å². The molecule has 1 N–H and O–H groups in total. The molecule has 0 spiro atoms. The van der Waals surface area contributed by atoms with E-state index in [4.69, 9.17) is 0 Å². The lowest BCUT2D eigenvalue weighted by Crippen LogP contribution is -2.43. The van der Waals surface area contributed by atoms with E-state index in [2.05, 4.69) is 138 Å². The highest BCUT2D eigenvalue weighted by Gasteiger charge is 2.32. The maximum absolute atomic E-state index is 4.08. The predicted molar refractivity (Wildman–Crippen MR) is 166 cm³/mol. The van der Waals surface area contributed by atoms with Crippen molar-refractivity contribution in [3.8, 4) is 11.1 Å². The number of hydrogen-bond donors (Lipinski definition) is 1. The zero-order chi connectivity index (χ0) is 26.6. The third kappa shape index (κ3) is 6.77. The number of anilines is 3. The van der Waals surface area contributed by atoms with Gasteiger partial charge in [0.05, 0.1) is 5.54 Å². The Labute approximate surface area is 227 Å². The molecule has 38 heavy (non-hydrogen) atoms. The zero-order valence-corrected chi connectivity index (χ0v) is 22.0. The molecular formula is C35H35N3. The molecule has 1 aliphatic rings. The summed E-state index contributed by atoms with van der Waals surface area (Å²) >= 11 is 0. The average Bonchev–Trinajstić information content (AvgIpc) is 2.95. The van der Waals surface area contributed by atoms with Gasteiger partial charge in [-0.05, 0) is 72.5 Å². The first-order valence-corrected chi connectivity index (χ1v) is 12.9. The highest BCUT2D eigenvalue weighted by Crippen LogP contribution is 2.40. The van der Waals surface area contributed by atoms with Crippen LogP contribution in [0.1, 0.15) is 13.3 Å². The molecule has 3 nitrogen and oxygen atoms in total. The first kappa shape index (κ1) is 26.4. The zero-order valence-electron chi connectivity index (χ0n) is 22.0. The number of allylic oxidation sites excluding steroid dienone is 6. The molecule has 190 valence electrons. The SMILES string of the molecule is C=CC=N/C=C\CNc1ccc(-c2ccc(N(c3ccccc3)C3(C)C=CC=C(/C=C\C=C)C3)cc2)cc1. The summed E-state index contributed by atoms with van der Waals surface area (Å²) in [6.07, 6.45) is 20.6. The van der Waals surface area contributed by atoms with Gasteiger partial charge in [-0.15, -0.1) is 0 Å². The molecule has 0 radical (unpaired) electrons. The fraction of sp³-hybridized carbons (Fsp3) is 0.114. The summed E-state index contributed by atoms with van der Waals surface area (Å²) in [5.41, 5.74) is 6.84. The molecule has 0 bridgehead atoms. The normalized spacial score (nSPS) is 17.1. The van der Waals surface area contributed by atoms with Crippen molar-refractivity contribution in [3.05, 3.63) is 152 Å². The highest BCUT2D eigenvalue weighted by atomic mass is 15.2. The van der Waals surface area contributed by atoms with Gasteiger partial charge in [0.15, 0.2) is 0 Å². The molecule has 3 heteroatoms. The van der Waals surface area contributed by atoms with Crippen LogP contribution in [-0.2, 0) is 0 Å². The van der Waals surface area contributed by atoms with Crippen LogP contribution in [0.15, 0.2) is 157 Å². The Morgan fingerprint density at radius 1 is 0.895 bits per heavy atom. The molecule has 0 saturated carbocycles. The minimum Gasteiger partial charge on any atom is -0.382 e. The minimum atomic E-state index is -0.211. The first-order valence-electron chi connectivity index (χ1n) is 12.9. The molecule has 1 unspecified atom stereocenters. The standard InChI is InChI=1S/C35H35N3/c1-4-6-12-29-13-10-24-35(3,28-29)38(33-14-8-7-9-15-33)34-22-18-31(19-23-34)30-16-20-32(21-17-30)37-27-11-26-36-25-5-2/h4-26,37H,1-2,27-28H2,3H3/b12-6-,26-11-,36-25?. The molecule has 0 amide bonds. The van der Waals surface area contributed by atoms with Crippen molar-refractivity contribution in [1.82, 2.24) is 0 Å². The number of para-hydroxylation sites is 1. The summed E-state index contributed by atoms with van der Waals surface area (Å²) in [4.78, 5) is 6.52. The molecule has 0 aromatic heterocycles. The van der Waals surface area contributed by atoms with Gasteiger partial charge < -0.3 is 10.2 Å². The fourth-order valence-electron chi connectivity index (χ4n) is 4.67. The van der Waals surface area contributed by atoms with Crippen molar-refractivity contribution >= 4 is 23.3 Å². The molecule has 3 aromatic rings. The Balaban J connectivity index is 1.54. The number of nitrogens with zero attached hydrogens (tertiary/aromatic N) is 2. The molecule has 0 aliphatic heterocycles. The van der Waals surface area contributed by atoms with Gasteiger partial charge in [0.1, 0.15) is 0 Å². The quantitative estimate of drug-likeness (QED) is 0.211. The second kappa shape index (κ2) is 13.1. The van der Waals surface area contributed by atoms with Gasteiger partial charge in [0.2, 0.25) is 0 Å². The van der Waals surface area contributed by atoms with Crippen LogP contribution in [0.2, 0.25) is 0 Å². The van der Waals surface area contributed by atoms with Crippen molar-refractivity contribution in [3.63, 3.8) is 0 Å². The Hall–Kier alpha value is -4.63. The molecule has 0 fully saturated rings. The van der Waals surface area contributed by atoms with Gasteiger partial charge >= 0.3 is 0 Å². The van der Waals surface area contributed by atoms with Crippen LogP contribution in [0.4, 0.5) is 17.1 Å². The van der Waals surface area contributed by atoms with Crippen molar-refractivity contribution in [2.45, 2.75) is 18.9 Å². The van der Waals surface area contributed by atoms with E-state index in [0.717, 1.165) is 17.8 Å². The van der Waals surface area contributed by atoms with E-state index in [1.807, 2.05) is 18.2 Å². The molecule has 4 rings (SSSR count). The minimum absolute atomic E-state index is 0.211. The second-order valence-electron chi connectivity index (χ2n) is 9.32. The van der Waals surface area contributed by atoms with E-state index in [-0.39, 0.29) is 5.54 Å². The average molecular weight is 498 g/mol. The Bertz CT molecular complexity index is 1360. The third-order valence-electron chi connectivity index (χ3n) is 6.45. The van der Waals surface area contributed by atoms with Gasteiger partial charge in [0, 0.05) is 36.0 Å². The van der Waals surface area contributed by atoms with Crippen LogP contribution in [0.3, 0.4) is 0 Å². The number of aliphatic imine (C=N–C) groups is 1. The summed E-state index contributed by atoms with van der Waals surface area (Å²) in [5, 5.41) is 3.38. The molecule has 3 aromatic carbocycles. The summed E-state index contributed by atoms with van der Waals surface area (Å²) < 4.78 is 0. The number of rotatable bonds is 11. The Kier molecular flexibility index (Phi) is 9.09. The van der Waals surface area contributed by atoms with Crippen LogP contribution < -0.4 is 10.2 Å². The van der Waals surface area contributed by atoms with E-state index < -0.39 is 0 Å². The van der Waals surface area contributed by atoms with Gasteiger partial charge in [0.25, 0.3) is 0 Å². The van der Waals surface area contributed by atoms with Crippen LogP contribution in [0, 0.1) is 0 Å². The third-order valence-corrected chi connectivity index (χ3v) is 6.45. The van der Waals surface area contributed by atoms with Crippen molar-refractivity contribution in [1.29, 1.82) is 0 Å². The summed E-state index contributed by atoms with van der Waals surface area (Å²) in [6, 6.07) is 28.0. The lowest BCUT2D eigenvalue weighted by atomic mass is 9.85. The monoisotopic (exact) mass is 497 g/mol. The van der Waals surface area contributed by atoms with Crippen molar-refractivity contribution in [2.75, 3.05) is 16.8 Å². The van der Waals surface area contributed by atoms with Gasteiger partial charge in [-0.2, -0.15) is 0 Å². The summed E-state index contributed by atoms with van der Waals surface area (Å²) in [5.74, 6) is 0. The van der Waals surface area contributed by atoms with Crippen LogP contribution >= 0.6 is 0 Å². The van der Waals surface area contributed by atoms with Crippen molar-refractivity contribution < 1.29 is 0 Å². The van der Waals surface area contributed by atoms with E-state index >= 15 is 0 Å². The lowest BCUT2D eigenvalue weighted by Gasteiger charge is -2.43. The second-order valence-corrected chi connectivity index (χ2v) is 9.32. The van der Waals surface area contributed by atoms with Gasteiger partial charge in [-0.3, -0.25) is 4.99 Å². The maximum atomic E-state index is 4.08. The first-order chi connectivity index (χ1) is 18.6. The largest absolute Gasteiger partial charge is 0.382 e. The molecule has 1 aliphatic carbocycles. The number of hydrogen-bond acceptors (Lipinski definition) is 3. The topological polar surface area (TPSA) is 27.6 Å². The summed E-state index contributed by atoms with van der Waals surface area (Å²) in [7, 11) is 0. The molecule has 0 heterocycles. The molecular weight excluding hydrogens is 462 g/mol. The van der Waals surface area contributed by atoms with E-state index in [0.29, 0.717) is 6.54 Å². The lowest BCUT2D eigenvalue weighted by molar-refractivity contribution is 0.560. The highest BCUT2D eigenvalue weighted by molar-refractivity contribution is 5.73.